The lowest BCUT2D eigenvalue weighted by molar-refractivity contribution is -0.229. The number of unbranched alkanes of at least 4 members (excludes halogenated alkanes) is 1. The highest BCUT2D eigenvalue weighted by Crippen LogP contribution is 2.39. The lowest BCUT2D eigenvalue weighted by atomic mass is 9.78. The number of hydrogen-bond acceptors (Lipinski definition) is 3. The SMILES string of the molecule is CC/C=C\CCCC1COC(C2CCC(c3ccc(C#N)c(F)c3)CC2)OC1. The largest absolute Gasteiger partial charge is 0.352 e. The topological polar surface area (TPSA) is 42.2 Å². The van der Waals surface area contributed by atoms with E-state index in [4.69, 9.17) is 14.7 Å². The van der Waals surface area contributed by atoms with Gasteiger partial charge in [-0.2, -0.15) is 5.26 Å². The van der Waals surface area contributed by atoms with Crippen molar-refractivity contribution < 1.29 is 13.9 Å². The molecule has 1 heterocycles. The Kier molecular flexibility index (Phi) is 8.06. The molecule has 0 amide bonds. The van der Waals surface area contributed by atoms with E-state index in [2.05, 4.69) is 19.1 Å². The highest BCUT2D eigenvalue weighted by molar-refractivity contribution is 5.34. The van der Waals surface area contributed by atoms with Crippen molar-refractivity contribution >= 4 is 0 Å². The van der Waals surface area contributed by atoms with Crippen molar-refractivity contribution in [1.82, 2.24) is 0 Å². The molecular weight excluding hydrogens is 353 g/mol. The van der Waals surface area contributed by atoms with Crippen LogP contribution in [0.15, 0.2) is 30.4 Å². The van der Waals surface area contributed by atoms with Gasteiger partial charge in [0, 0.05) is 11.8 Å². The van der Waals surface area contributed by atoms with Crippen LogP contribution in [0.1, 0.15) is 75.3 Å². The highest BCUT2D eigenvalue weighted by atomic mass is 19.1. The number of nitrogens with zero attached hydrogens (tertiary/aromatic N) is 1. The molecule has 0 atom stereocenters. The molecule has 0 bridgehead atoms. The normalized spacial score (nSPS) is 28.3. The average molecular weight is 386 g/mol. The van der Waals surface area contributed by atoms with E-state index < -0.39 is 5.82 Å². The van der Waals surface area contributed by atoms with Crippen molar-refractivity contribution in [1.29, 1.82) is 5.26 Å². The Balaban J connectivity index is 1.39. The third-order valence-electron chi connectivity index (χ3n) is 6.12. The lowest BCUT2D eigenvalue weighted by Crippen LogP contribution is -2.38. The number of halogens is 1. The molecule has 2 fully saturated rings. The maximum absolute atomic E-state index is 13.9. The number of rotatable bonds is 7. The summed E-state index contributed by atoms with van der Waals surface area (Å²) in [4.78, 5) is 0. The molecule has 1 aliphatic heterocycles. The number of ether oxygens (including phenoxy) is 2. The van der Waals surface area contributed by atoms with Crippen LogP contribution in [0.25, 0.3) is 0 Å². The summed E-state index contributed by atoms with van der Waals surface area (Å²) in [6, 6.07) is 6.93. The summed E-state index contributed by atoms with van der Waals surface area (Å²) in [7, 11) is 0. The Labute approximate surface area is 168 Å². The van der Waals surface area contributed by atoms with Crippen LogP contribution in [0.4, 0.5) is 4.39 Å². The van der Waals surface area contributed by atoms with E-state index in [0.29, 0.717) is 17.8 Å². The molecule has 4 heteroatoms. The Bertz CT molecular complexity index is 680. The molecule has 1 aromatic rings. The molecule has 0 unspecified atom stereocenters. The van der Waals surface area contributed by atoms with Gasteiger partial charge in [-0.25, -0.2) is 4.39 Å². The number of nitriles is 1. The van der Waals surface area contributed by atoms with Crippen molar-refractivity contribution in [2.24, 2.45) is 11.8 Å². The monoisotopic (exact) mass is 385 g/mol. The molecule has 0 N–H and O–H groups in total. The van der Waals surface area contributed by atoms with E-state index in [1.165, 1.54) is 12.5 Å². The van der Waals surface area contributed by atoms with E-state index in [1.54, 1.807) is 6.07 Å². The van der Waals surface area contributed by atoms with Gasteiger partial charge in [0.05, 0.1) is 18.8 Å². The summed E-state index contributed by atoms with van der Waals surface area (Å²) in [6.07, 6.45) is 13.2. The van der Waals surface area contributed by atoms with E-state index >= 15 is 0 Å². The standard InChI is InChI=1S/C24H32FNO2/c1-2-3-4-5-6-7-18-16-27-24(28-17-18)20-10-8-19(9-11-20)21-12-13-22(15-26)23(25)14-21/h3-4,12-14,18-20,24H,2,5-11,16-17H2,1H3/b4-3-. The van der Waals surface area contributed by atoms with Gasteiger partial charge < -0.3 is 9.47 Å². The van der Waals surface area contributed by atoms with Crippen LogP contribution in [0, 0.1) is 29.0 Å². The van der Waals surface area contributed by atoms with E-state index in [1.807, 2.05) is 12.1 Å². The van der Waals surface area contributed by atoms with Gasteiger partial charge >= 0.3 is 0 Å². The summed E-state index contributed by atoms with van der Waals surface area (Å²) >= 11 is 0. The van der Waals surface area contributed by atoms with Gasteiger partial charge in [0.15, 0.2) is 6.29 Å². The molecule has 3 rings (SSSR count). The van der Waals surface area contributed by atoms with Crippen LogP contribution >= 0.6 is 0 Å². The molecule has 1 saturated heterocycles. The minimum Gasteiger partial charge on any atom is -0.352 e. The molecular formula is C24H32FNO2. The smallest absolute Gasteiger partial charge is 0.160 e. The quantitative estimate of drug-likeness (QED) is 0.421. The predicted octanol–water partition coefficient (Wildman–Crippen LogP) is 6.10. The molecule has 0 aromatic heterocycles. The van der Waals surface area contributed by atoms with Gasteiger partial charge in [0.2, 0.25) is 0 Å². The number of allylic oxidation sites excluding steroid dienone is 2. The Morgan fingerprint density at radius 2 is 1.89 bits per heavy atom. The molecule has 28 heavy (non-hydrogen) atoms. The van der Waals surface area contributed by atoms with Crippen molar-refractivity contribution in [3.63, 3.8) is 0 Å². The van der Waals surface area contributed by atoms with E-state index in [9.17, 15) is 4.39 Å². The second-order valence-corrected chi connectivity index (χ2v) is 8.17. The summed E-state index contributed by atoms with van der Waals surface area (Å²) in [5, 5.41) is 8.88. The Morgan fingerprint density at radius 3 is 2.54 bits per heavy atom. The van der Waals surface area contributed by atoms with Gasteiger partial charge in [-0.1, -0.05) is 25.1 Å². The van der Waals surface area contributed by atoms with E-state index in [-0.39, 0.29) is 11.9 Å². The zero-order valence-corrected chi connectivity index (χ0v) is 16.9. The first-order valence-corrected chi connectivity index (χ1v) is 10.8. The molecule has 0 radical (unpaired) electrons. The van der Waals surface area contributed by atoms with Crippen molar-refractivity contribution in [3.05, 3.63) is 47.3 Å². The minimum atomic E-state index is -0.405. The fourth-order valence-electron chi connectivity index (χ4n) is 4.41. The molecule has 3 nitrogen and oxygen atoms in total. The molecule has 1 aromatic carbocycles. The van der Waals surface area contributed by atoms with Crippen LogP contribution in [0.5, 0.6) is 0 Å². The zero-order chi connectivity index (χ0) is 19.8. The highest BCUT2D eigenvalue weighted by Gasteiger charge is 2.32. The first kappa shape index (κ1) is 21.0. The summed E-state index contributed by atoms with van der Waals surface area (Å²) in [6.45, 7) is 3.78. The Hall–Kier alpha value is -1.70. The first-order chi connectivity index (χ1) is 13.7. The second-order valence-electron chi connectivity index (χ2n) is 8.17. The average Bonchev–Trinajstić information content (AvgIpc) is 2.74. The lowest BCUT2D eigenvalue weighted by Gasteiger charge is -2.37. The summed E-state index contributed by atoms with van der Waals surface area (Å²) in [5.74, 6) is 0.917. The summed E-state index contributed by atoms with van der Waals surface area (Å²) in [5.41, 5.74) is 1.13. The van der Waals surface area contributed by atoms with Crippen LogP contribution < -0.4 is 0 Å². The van der Waals surface area contributed by atoms with Crippen molar-refractivity contribution in [2.45, 2.75) is 70.5 Å². The molecule has 1 saturated carbocycles. The van der Waals surface area contributed by atoms with Crippen LogP contribution in [0.2, 0.25) is 0 Å². The third kappa shape index (κ3) is 5.65. The Morgan fingerprint density at radius 1 is 1.14 bits per heavy atom. The van der Waals surface area contributed by atoms with Gasteiger partial charge in [-0.15, -0.1) is 0 Å². The maximum Gasteiger partial charge on any atom is 0.160 e. The first-order valence-electron chi connectivity index (χ1n) is 10.8. The number of hydrogen-bond donors (Lipinski definition) is 0. The van der Waals surface area contributed by atoms with E-state index in [0.717, 1.165) is 63.7 Å². The fraction of sp³-hybridized carbons (Fsp3) is 0.625. The van der Waals surface area contributed by atoms with Crippen molar-refractivity contribution in [2.75, 3.05) is 13.2 Å². The molecule has 2 aliphatic rings. The van der Waals surface area contributed by atoms with Gasteiger partial charge in [0.25, 0.3) is 0 Å². The zero-order valence-electron chi connectivity index (χ0n) is 16.9. The summed E-state index contributed by atoms with van der Waals surface area (Å²) < 4.78 is 26.0. The maximum atomic E-state index is 13.9. The van der Waals surface area contributed by atoms with Crippen LogP contribution in [-0.2, 0) is 9.47 Å². The molecule has 0 spiro atoms. The minimum absolute atomic E-state index is 0.0742. The van der Waals surface area contributed by atoms with Gasteiger partial charge in [0.1, 0.15) is 11.9 Å². The second kappa shape index (κ2) is 10.7. The molecule has 1 aliphatic carbocycles. The molecule has 152 valence electrons. The fourth-order valence-corrected chi connectivity index (χ4v) is 4.41. The van der Waals surface area contributed by atoms with Gasteiger partial charge in [-0.05, 0) is 75.0 Å². The predicted molar refractivity (Wildman–Crippen MR) is 108 cm³/mol. The van der Waals surface area contributed by atoms with Crippen LogP contribution in [0.3, 0.4) is 0 Å². The van der Waals surface area contributed by atoms with Crippen LogP contribution in [-0.4, -0.2) is 19.5 Å². The third-order valence-corrected chi connectivity index (χ3v) is 6.12. The van der Waals surface area contributed by atoms with Crippen molar-refractivity contribution in [3.8, 4) is 6.07 Å². The number of benzene rings is 1. The van der Waals surface area contributed by atoms with Gasteiger partial charge in [-0.3, -0.25) is 0 Å².